The quantitative estimate of drug-likeness (QED) is 0.674. The van der Waals surface area contributed by atoms with E-state index in [0.717, 1.165) is 10.9 Å². The molecule has 0 unspecified atom stereocenters. The van der Waals surface area contributed by atoms with Crippen molar-refractivity contribution in [3.8, 4) is 11.5 Å². The number of fused-ring (bicyclic) bond motifs is 1. The lowest BCUT2D eigenvalue weighted by Crippen LogP contribution is -1.88. The number of hydrogen-bond donors (Lipinski definition) is 0. The predicted molar refractivity (Wildman–Crippen MR) is 67.1 cm³/mol. The molecule has 18 heavy (non-hydrogen) atoms. The van der Waals surface area contributed by atoms with E-state index >= 15 is 0 Å². The number of benzene rings is 2. The molecule has 0 atom stereocenters. The van der Waals surface area contributed by atoms with Crippen LogP contribution in [0.1, 0.15) is 0 Å². The van der Waals surface area contributed by atoms with Gasteiger partial charge < -0.3 is 4.74 Å². The third-order valence-electron chi connectivity index (χ3n) is 2.57. The molecule has 0 saturated carbocycles. The number of nitrogens with zero attached hydrogens (tertiary/aromatic N) is 1. The molecule has 0 bridgehead atoms. The van der Waals surface area contributed by atoms with Gasteiger partial charge in [-0.2, -0.15) is 0 Å². The lowest BCUT2D eigenvalue weighted by molar-refractivity contribution is 0.442. The monoisotopic (exact) mass is 238 g/mol. The number of hydrogen-bond acceptors (Lipinski definition) is 2. The summed E-state index contributed by atoms with van der Waals surface area (Å²) in [4.78, 5) is 4.21. The molecule has 3 rings (SSSR count). The first kappa shape index (κ1) is 10.7. The van der Waals surface area contributed by atoms with Crippen molar-refractivity contribution in [3.05, 3.63) is 66.6 Å². The van der Waals surface area contributed by atoms with Gasteiger partial charge in [-0.25, -0.2) is 4.39 Å². The highest BCUT2D eigenvalue weighted by Crippen LogP contribution is 2.25. The molecule has 2 nitrogen and oxygen atoms in total. The molecule has 1 heterocycles. The van der Waals surface area contributed by atoms with Crippen molar-refractivity contribution in [2.45, 2.75) is 0 Å². The van der Waals surface area contributed by atoms with Crippen molar-refractivity contribution >= 4 is 10.9 Å². The minimum atomic E-state index is -0.396. The van der Waals surface area contributed by atoms with Gasteiger partial charge in [0.2, 0.25) is 0 Å². The highest BCUT2D eigenvalue weighted by molar-refractivity contribution is 5.79. The smallest absolute Gasteiger partial charge is 0.165 e. The first-order valence-corrected chi connectivity index (χ1v) is 5.52. The fourth-order valence-electron chi connectivity index (χ4n) is 1.69. The molecule has 0 N–H and O–H groups in total. The predicted octanol–water partition coefficient (Wildman–Crippen LogP) is 3.97. The summed E-state index contributed by atoms with van der Waals surface area (Å²) >= 11 is 0. The maximum atomic E-state index is 13.4. The first-order valence-electron chi connectivity index (χ1n) is 5.52. The van der Waals surface area contributed by atoms with Crippen molar-refractivity contribution in [2.75, 3.05) is 0 Å². The average molecular weight is 238 g/mol. The summed E-state index contributed by atoms with van der Waals surface area (Å²) in [6, 6.07) is 16.5. The van der Waals surface area contributed by atoms with Gasteiger partial charge in [0.15, 0.2) is 11.6 Å². The molecule has 3 aromatic rings. The highest BCUT2D eigenvalue weighted by Gasteiger charge is 2.04. The van der Waals surface area contributed by atoms with Gasteiger partial charge >= 0.3 is 0 Å². The van der Waals surface area contributed by atoms with Gasteiger partial charge in [0.05, 0.1) is 5.52 Å². The molecule has 0 aliphatic carbocycles. The summed E-state index contributed by atoms with van der Waals surface area (Å²) in [5, 5.41) is 0.971. The fourth-order valence-corrected chi connectivity index (χ4v) is 1.69. The van der Waals surface area contributed by atoms with E-state index in [0.29, 0.717) is 5.75 Å². The van der Waals surface area contributed by atoms with E-state index in [1.54, 1.807) is 36.5 Å². The van der Waals surface area contributed by atoms with Crippen LogP contribution in [0, 0.1) is 11.9 Å². The Morgan fingerprint density at radius 2 is 2.00 bits per heavy atom. The van der Waals surface area contributed by atoms with E-state index in [4.69, 9.17) is 4.74 Å². The second-order valence-electron chi connectivity index (χ2n) is 3.81. The number of halogens is 1. The lowest BCUT2D eigenvalue weighted by Gasteiger charge is -2.06. The van der Waals surface area contributed by atoms with Crippen LogP contribution >= 0.6 is 0 Å². The van der Waals surface area contributed by atoms with Gasteiger partial charge in [0, 0.05) is 23.7 Å². The molecule has 2 aromatic carbocycles. The minimum Gasteiger partial charge on any atom is -0.454 e. The summed E-state index contributed by atoms with van der Waals surface area (Å²) in [6.07, 6.45) is 1.70. The van der Waals surface area contributed by atoms with Crippen LogP contribution in [0.3, 0.4) is 0 Å². The molecular formula is C15H9FNO. The largest absolute Gasteiger partial charge is 0.454 e. The van der Waals surface area contributed by atoms with Gasteiger partial charge in [-0.05, 0) is 24.3 Å². The zero-order valence-electron chi connectivity index (χ0n) is 9.43. The molecule has 0 aliphatic rings. The van der Waals surface area contributed by atoms with Crippen LogP contribution in [0.25, 0.3) is 10.9 Å². The Hall–Kier alpha value is -2.42. The zero-order valence-corrected chi connectivity index (χ0v) is 9.43. The van der Waals surface area contributed by atoms with Gasteiger partial charge in [0.25, 0.3) is 0 Å². The third kappa shape index (κ3) is 2.02. The molecule has 0 saturated heterocycles. The van der Waals surface area contributed by atoms with Crippen LogP contribution in [-0.2, 0) is 0 Å². The molecule has 0 aliphatic heterocycles. The number of rotatable bonds is 2. The maximum absolute atomic E-state index is 13.4. The second-order valence-corrected chi connectivity index (χ2v) is 3.81. The van der Waals surface area contributed by atoms with E-state index in [-0.39, 0.29) is 5.75 Å². The molecule has 0 amide bonds. The topological polar surface area (TPSA) is 22.1 Å². The number of ether oxygens (including phenoxy) is 1. The summed E-state index contributed by atoms with van der Waals surface area (Å²) in [5.41, 5.74) is 0.794. The van der Waals surface area contributed by atoms with Gasteiger partial charge in [-0.1, -0.05) is 18.2 Å². The van der Waals surface area contributed by atoms with Crippen LogP contribution in [0.4, 0.5) is 4.39 Å². The highest BCUT2D eigenvalue weighted by atomic mass is 19.1. The Morgan fingerprint density at radius 3 is 2.89 bits per heavy atom. The summed E-state index contributed by atoms with van der Waals surface area (Å²) in [6.45, 7) is 0. The minimum absolute atomic E-state index is 0.184. The van der Waals surface area contributed by atoms with E-state index in [9.17, 15) is 4.39 Å². The van der Waals surface area contributed by atoms with Crippen LogP contribution in [0.15, 0.2) is 54.7 Å². The van der Waals surface area contributed by atoms with Crippen LogP contribution < -0.4 is 4.74 Å². The SMILES string of the molecule is Fc1ccccc1Oc1[c]cc2cccnc2c1. The maximum Gasteiger partial charge on any atom is 0.165 e. The van der Waals surface area contributed by atoms with E-state index < -0.39 is 5.82 Å². The lowest BCUT2D eigenvalue weighted by atomic mass is 10.2. The molecule has 0 spiro atoms. The fraction of sp³-hybridized carbons (Fsp3) is 0. The summed E-state index contributed by atoms with van der Waals surface area (Å²) in [7, 11) is 0. The summed E-state index contributed by atoms with van der Waals surface area (Å²) in [5.74, 6) is 0.238. The molecule has 3 heteroatoms. The molecule has 1 aromatic heterocycles. The van der Waals surface area contributed by atoms with Crippen LogP contribution in [0.5, 0.6) is 11.5 Å². The molecule has 87 valence electrons. The van der Waals surface area contributed by atoms with Gasteiger partial charge in [-0.15, -0.1) is 0 Å². The van der Waals surface area contributed by atoms with Crippen molar-refractivity contribution in [2.24, 2.45) is 0 Å². The van der Waals surface area contributed by atoms with Crippen molar-refractivity contribution < 1.29 is 9.13 Å². The standard InChI is InChI=1S/C15H9FNO/c16-13-5-1-2-6-15(13)18-12-8-7-11-4-3-9-17-14(11)10-12/h1-7,9-10H. The van der Waals surface area contributed by atoms with Crippen LogP contribution in [-0.4, -0.2) is 4.98 Å². The Labute approximate surface area is 104 Å². The number of pyridine rings is 1. The van der Waals surface area contributed by atoms with Crippen LogP contribution in [0.2, 0.25) is 0 Å². The van der Waals surface area contributed by atoms with Crippen molar-refractivity contribution in [1.29, 1.82) is 0 Å². The van der Waals surface area contributed by atoms with Crippen molar-refractivity contribution in [1.82, 2.24) is 4.98 Å². The number of para-hydroxylation sites is 1. The van der Waals surface area contributed by atoms with E-state index in [1.165, 1.54) is 6.07 Å². The molecule has 1 radical (unpaired) electrons. The van der Waals surface area contributed by atoms with Crippen molar-refractivity contribution in [3.63, 3.8) is 0 Å². The Bertz CT molecular complexity index is 697. The molecule has 0 fully saturated rings. The summed E-state index contributed by atoms with van der Waals surface area (Å²) < 4.78 is 18.9. The molecular weight excluding hydrogens is 229 g/mol. The van der Waals surface area contributed by atoms with Gasteiger partial charge in [-0.3, -0.25) is 4.98 Å². The third-order valence-corrected chi connectivity index (χ3v) is 2.57. The first-order chi connectivity index (χ1) is 8.83. The average Bonchev–Trinajstić information content (AvgIpc) is 2.41. The number of aromatic nitrogens is 1. The second kappa shape index (κ2) is 4.45. The van der Waals surface area contributed by atoms with E-state index in [2.05, 4.69) is 11.1 Å². The zero-order chi connectivity index (χ0) is 12.4. The normalized spacial score (nSPS) is 10.5. The Morgan fingerprint density at radius 1 is 1.11 bits per heavy atom. The Balaban J connectivity index is 1.98. The Kier molecular flexibility index (Phi) is 2.65. The van der Waals surface area contributed by atoms with E-state index in [1.807, 2.05) is 12.1 Å². The van der Waals surface area contributed by atoms with Gasteiger partial charge in [0.1, 0.15) is 5.75 Å².